The van der Waals surface area contributed by atoms with Crippen LogP contribution in [0.25, 0.3) is 0 Å². The fourth-order valence-corrected chi connectivity index (χ4v) is 2.21. The molecule has 1 aliphatic heterocycles. The molecule has 1 rings (SSSR count). The molecule has 1 saturated heterocycles. The minimum Gasteiger partial charge on any atom is -0.396 e. The Hall–Kier alpha value is -0.610. The van der Waals surface area contributed by atoms with Crippen molar-refractivity contribution in [1.29, 1.82) is 0 Å². The van der Waals surface area contributed by atoms with Crippen LogP contribution in [0.15, 0.2) is 0 Å². The molecule has 3 N–H and O–H groups in total. The number of nitrogens with two attached hydrogens (primary N) is 1. The lowest BCUT2D eigenvalue weighted by Gasteiger charge is -2.16. The van der Waals surface area contributed by atoms with Gasteiger partial charge in [0, 0.05) is 32.2 Å². The van der Waals surface area contributed by atoms with E-state index in [1.165, 1.54) is 0 Å². The first-order valence-corrected chi connectivity index (χ1v) is 6.27. The van der Waals surface area contributed by atoms with Gasteiger partial charge in [-0.2, -0.15) is 0 Å². The monoisotopic (exact) mass is 228 g/mol. The van der Waals surface area contributed by atoms with Crippen molar-refractivity contribution in [2.24, 2.45) is 11.7 Å². The Morgan fingerprint density at radius 3 is 3.00 bits per heavy atom. The summed E-state index contributed by atoms with van der Waals surface area (Å²) < 4.78 is 0. The quantitative estimate of drug-likeness (QED) is 0.704. The molecule has 0 spiro atoms. The molecular weight excluding hydrogens is 204 g/mol. The number of rotatable bonds is 6. The van der Waals surface area contributed by atoms with Crippen molar-refractivity contribution < 1.29 is 9.90 Å². The van der Waals surface area contributed by atoms with Gasteiger partial charge in [-0.1, -0.05) is 0 Å². The maximum atomic E-state index is 11.8. The topological polar surface area (TPSA) is 66.6 Å². The summed E-state index contributed by atoms with van der Waals surface area (Å²) in [5.41, 5.74) is 5.64. The Labute approximate surface area is 97.8 Å². The average Bonchev–Trinajstić information content (AvgIpc) is 2.66. The van der Waals surface area contributed by atoms with Gasteiger partial charge in [-0.15, -0.1) is 0 Å². The van der Waals surface area contributed by atoms with Crippen LogP contribution in [-0.4, -0.2) is 41.7 Å². The summed E-state index contributed by atoms with van der Waals surface area (Å²) in [7, 11) is 0. The predicted octanol–water partition coefficient (Wildman–Crippen LogP) is 0.735. The van der Waals surface area contributed by atoms with Crippen LogP contribution in [0.4, 0.5) is 0 Å². The van der Waals surface area contributed by atoms with Gasteiger partial charge >= 0.3 is 0 Å². The normalized spacial score (nSPS) is 22.4. The molecule has 0 aromatic carbocycles. The Morgan fingerprint density at radius 2 is 2.38 bits per heavy atom. The molecule has 94 valence electrons. The second-order valence-electron chi connectivity index (χ2n) is 4.88. The van der Waals surface area contributed by atoms with Gasteiger partial charge in [0.05, 0.1) is 0 Å². The summed E-state index contributed by atoms with van der Waals surface area (Å²) in [5, 5.41) is 8.84. The second kappa shape index (κ2) is 6.86. The molecule has 1 amide bonds. The summed E-state index contributed by atoms with van der Waals surface area (Å²) in [6.45, 7) is 3.90. The highest BCUT2D eigenvalue weighted by Gasteiger charge is 2.25. The zero-order valence-electron chi connectivity index (χ0n) is 10.2. The van der Waals surface area contributed by atoms with Crippen LogP contribution in [0.3, 0.4) is 0 Å². The Kier molecular flexibility index (Phi) is 5.77. The first-order chi connectivity index (χ1) is 7.63. The summed E-state index contributed by atoms with van der Waals surface area (Å²) >= 11 is 0. The summed E-state index contributed by atoms with van der Waals surface area (Å²) in [6.07, 6.45) is 4.29. The van der Waals surface area contributed by atoms with E-state index in [4.69, 9.17) is 10.8 Å². The Bertz CT molecular complexity index is 219. The lowest BCUT2D eigenvalue weighted by Crippen LogP contribution is -2.29. The minimum absolute atomic E-state index is 0.188. The van der Waals surface area contributed by atoms with Crippen LogP contribution in [-0.2, 0) is 4.79 Å². The molecule has 1 aliphatic rings. The van der Waals surface area contributed by atoms with Crippen LogP contribution in [0.1, 0.15) is 39.0 Å². The van der Waals surface area contributed by atoms with Gasteiger partial charge in [-0.3, -0.25) is 4.79 Å². The maximum Gasteiger partial charge on any atom is 0.222 e. The third kappa shape index (κ3) is 4.49. The van der Waals surface area contributed by atoms with E-state index in [1.807, 2.05) is 11.8 Å². The molecule has 4 nitrogen and oxygen atoms in total. The highest BCUT2D eigenvalue weighted by atomic mass is 16.3. The lowest BCUT2D eigenvalue weighted by atomic mass is 10.1. The number of aliphatic hydroxyl groups is 1. The minimum atomic E-state index is 0.188. The van der Waals surface area contributed by atoms with E-state index in [-0.39, 0.29) is 18.6 Å². The molecule has 16 heavy (non-hydrogen) atoms. The van der Waals surface area contributed by atoms with Gasteiger partial charge in [-0.25, -0.2) is 0 Å². The standard InChI is InChI=1S/C12H24N2O2/c1-10(13)3-2-4-12(16)14-7-5-11(9-14)6-8-15/h10-11,15H,2-9,13H2,1H3. The Morgan fingerprint density at radius 1 is 1.62 bits per heavy atom. The molecule has 1 heterocycles. The van der Waals surface area contributed by atoms with Gasteiger partial charge in [0.25, 0.3) is 0 Å². The molecule has 2 unspecified atom stereocenters. The zero-order valence-corrected chi connectivity index (χ0v) is 10.2. The fourth-order valence-electron chi connectivity index (χ4n) is 2.21. The molecule has 0 aliphatic carbocycles. The maximum absolute atomic E-state index is 11.8. The highest BCUT2D eigenvalue weighted by Crippen LogP contribution is 2.20. The van der Waals surface area contributed by atoms with E-state index < -0.39 is 0 Å². The number of carbonyl (C=O) groups excluding carboxylic acids is 1. The van der Waals surface area contributed by atoms with Crippen LogP contribution in [0.5, 0.6) is 0 Å². The molecular formula is C12H24N2O2. The van der Waals surface area contributed by atoms with Gasteiger partial charge in [0.2, 0.25) is 5.91 Å². The summed E-state index contributed by atoms with van der Waals surface area (Å²) in [6, 6.07) is 0.188. The fraction of sp³-hybridized carbons (Fsp3) is 0.917. The number of amides is 1. The SMILES string of the molecule is CC(N)CCCC(=O)N1CCC(CCO)C1. The van der Waals surface area contributed by atoms with Crippen LogP contribution in [0, 0.1) is 5.92 Å². The van der Waals surface area contributed by atoms with Crippen molar-refractivity contribution in [1.82, 2.24) is 4.90 Å². The van der Waals surface area contributed by atoms with Gasteiger partial charge in [-0.05, 0) is 38.5 Å². The number of aliphatic hydroxyl groups excluding tert-OH is 1. The molecule has 4 heteroatoms. The predicted molar refractivity (Wildman–Crippen MR) is 63.9 cm³/mol. The van der Waals surface area contributed by atoms with E-state index in [9.17, 15) is 4.79 Å². The molecule has 0 bridgehead atoms. The molecule has 0 aromatic rings. The first-order valence-electron chi connectivity index (χ1n) is 6.27. The first kappa shape index (κ1) is 13.5. The number of likely N-dealkylation sites (tertiary alicyclic amines) is 1. The van der Waals surface area contributed by atoms with E-state index in [0.717, 1.165) is 38.8 Å². The number of hydrogen-bond donors (Lipinski definition) is 2. The average molecular weight is 228 g/mol. The molecule has 1 fully saturated rings. The van der Waals surface area contributed by atoms with E-state index >= 15 is 0 Å². The van der Waals surface area contributed by atoms with Crippen molar-refractivity contribution in [3.63, 3.8) is 0 Å². The van der Waals surface area contributed by atoms with Gasteiger partial charge < -0.3 is 15.7 Å². The van der Waals surface area contributed by atoms with Crippen molar-refractivity contribution in [2.75, 3.05) is 19.7 Å². The van der Waals surface area contributed by atoms with Gasteiger partial charge in [0.15, 0.2) is 0 Å². The number of carbonyl (C=O) groups is 1. The van der Waals surface area contributed by atoms with Crippen molar-refractivity contribution in [3.8, 4) is 0 Å². The van der Waals surface area contributed by atoms with Crippen LogP contribution < -0.4 is 5.73 Å². The van der Waals surface area contributed by atoms with Crippen molar-refractivity contribution in [3.05, 3.63) is 0 Å². The van der Waals surface area contributed by atoms with Crippen molar-refractivity contribution >= 4 is 5.91 Å². The molecule has 2 atom stereocenters. The number of hydrogen-bond acceptors (Lipinski definition) is 3. The lowest BCUT2D eigenvalue weighted by molar-refractivity contribution is -0.130. The van der Waals surface area contributed by atoms with E-state index in [0.29, 0.717) is 12.3 Å². The number of nitrogens with zero attached hydrogens (tertiary/aromatic N) is 1. The smallest absolute Gasteiger partial charge is 0.222 e. The van der Waals surface area contributed by atoms with E-state index in [1.54, 1.807) is 0 Å². The summed E-state index contributed by atoms with van der Waals surface area (Å²) in [4.78, 5) is 13.7. The highest BCUT2D eigenvalue weighted by molar-refractivity contribution is 5.76. The van der Waals surface area contributed by atoms with Crippen molar-refractivity contribution in [2.45, 2.75) is 45.1 Å². The Balaban J connectivity index is 2.18. The molecule has 0 aromatic heterocycles. The summed E-state index contributed by atoms with van der Waals surface area (Å²) in [5.74, 6) is 0.753. The molecule has 0 radical (unpaired) electrons. The van der Waals surface area contributed by atoms with Gasteiger partial charge in [0.1, 0.15) is 0 Å². The second-order valence-corrected chi connectivity index (χ2v) is 4.88. The third-order valence-corrected chi connectivity index (χ3v) is 3.23. The molecule has 0 saturated carbocycles. The zero-order chi connectivity index (χ0) is 12.0. The largest absolute Gasteiger partial charge is 0.396 e. The van der Waals surface area contributed by atoms with E-state index in [2.05, 4.69) is 0 Å². The van der Waals surface area contributed by atoms with Crippen LogP contribution in [0.2, 0.25) is 0 Å². The van der Waals surface area contributed by atoms with Crippen LogP contribution >= 0.6 is 0 Å². The third-order valence-electron chi connectivity index (χ3n) is 3.23.